The zero-order valence-electron chi connectivity index (χ0n) is 8.51. The summed E-state index contributed by atoms with van der Waals surface area (Å²) in [7, 11) is 0. The second-order valence-corrected chi connectivity index (χ2v) is 3.19. The molecule has 0 bridgehead atoms. The fraction of sp³-hybridized carbons (Fsp3) is 0.200. The van der Waals surface area contributed by atoms with E-state index < -0.39 is 0 Å². The van der Waals surface area contributed by atoms with Gasteiger partial charge in [0.1, 0.15) is 6.61 Å². The van der Waals surface area contributed by atoms with E-state index in [1.807, 2.05) is 0 Å². The smallest absolute Gasteiger partial charge is 0.165 e. The third kappa shape index (κ3) is 2.47. The van der Waals surface area contributed by atoms with Crippen LogP contribution < -0.4 is 10.5 Å². The van der Waals surface area contributed by atoms with Crippen molar-refractivity contribution >= 4 is 5.82 Å². The molecule has 0 aliphatic carbocycles. The molecule has 0 spiro atoms. The Morgan fingerprint density at radius 3 is 2.88 bits per heavy atom. The average molecular weight is 222 g/mol. The van der Waals surface area contributed by atoms with Gasteiger partial charge in [-0.1, -0.05) is 17.3 Å². The highest BCUT2D eigenvalue weighted by molar-refractivity contribution is 5.23. The lowest BCUT2D eigenvalue weighted by Gasteiger charge is -2.06. The van der Waals surface area contributed by atoms with Gasteiger partial charge < -0.3 is 10.5 Å². The first-order valence-corrected chi connectivity index (χ1v) is 4.78. The zero-order chi connectivity index (χ0) is 11.4. The number of nitrogens with zero attached hydrogens (tertiary/aromatic N) is 3. The largest absolute Gasteiger partial charge is 0.489 e. The highest BCUT2D eigenvalue weighted by atomic mass is 19.1. The lowest BCUT2D eigenvalue weighted by atomic mass is 10.3. The second-order valence-electron chi connectivity index (χ2n) is 3.19. The van der Waals surface area contributed by atoms with Crippen molar-refractivity contribution in [2.75, 3.05) is 12.3 Å². The zero-order valence-corrected chi connectivity index (χ0v) is 8.51. The second kappa shape index (κ2) is 4.61. The molecule has 0 aliphatic heterocycles. The molecule has 16 heavy (non-hydrogen) atoms. The van der Waals surface area contributed by atoms with Crippen molar-refractivity contribution in [3.63, 3.8) is 0 Å². The number of nitrogens with two attached hydrogens (primary N) is 1. The molecule has 1 aromatic carbocycles. The lowest BCUT2D eigenvalue weighted by Crippen LogP contribution is -2.09. The number of halogens is 1. The molecule has 0 aliphatic rings. The third-order valence-electron chi connectivity index (χ3n) is 1.97. The van der Waals surface area contributed by atoms with E-state index in [-0.39, 0.29) is 11.6 Å². The van der Waals surface area contributed by atoms with Crippen molar-refractivity contribution in [2.24, 2.45) is 0 Å². The van der Waals surface area contributed by atoms with Gasteiger partial charge in [-0.2, -0.15) is 0 Å². The van der Waals surface area contributed by atoms with Gasteiger partial charge in [0.2, 0.25) is 0 Å². The minimum absolute atomic E-state index is 0.232. The maximum absolute atomic E-state index is 13.1. The molecule has 0 fully saturated rings. The topological polar surface area (TPSA) is 66.0 Å². The highest BCUT2D eigenvalue weighted by Crippen LogP contribution is 2.15. The minimum Gasteiger partial charge on any atom is -0.489 e. The van der Waals surface area contributed by atoms with Crippen LogP contribution >= 0.6 is 0 Å². The van der Waals surface area contributed by atoms with E-state index >= 15 is 0 Å². The van der Waals surface area contributed by atoms with Gasteiger partial charge in [0.05, 0.1) is 12.7 Å². The van der Waals surface area contributed by atoms with Gasteiger partial charge >= 0.3 is 0 Å². The van der Waals surface area contributed by atoms with Crippen LogP contribution in [0.3, 0.4) is 0 Å². The number of para-hydroxylation sites is 1. The first-order valence-electron chi connectivity index (χ1n) is 4.78. The molecule has 0 radical (unpaired) electrons. The Morgan fingerprint density at radius 1 is 1.38 bits per heavy atom. The van der Waals surface area contributed by atoms with Crippen LogP contribution in [0.1, 0.15) is 0 Å². The predicted octanol–water partition coefficient (Wildman–Crippen LogP) is 1.08. The van der Waals surface area contributed by atoms with E-state index in [4.69, 9.17) is 10.5 Å². The normalized spacial score (nSPS) is 10.3. The van der Waals surface area contributed by atoms with E-state index in [0.29, 0.717) is 19.0 Å². The van der Waals surface area contributed by atoms with Gasteiger partial charge in [-0.15, -0.1) is 5.10 Å². The molecule has 1 aromatic heterocycles. The van der Waals surface area contributed by atoms with E-state index in [1.54, 1.807) is 24.4 Å². The summed E-state index contributed by atoms with van der Waals surface area (Å²) < 4.78 is 19.9. The van der Waals surface area contributed by atoms with Crippen molar-refractivity contribution in [1.29, 1.82) is 0 Å². The molecule has 0 amide bonds. The van der Waals surface area contributed by atoms with Crippen molar-refractivity contribution in [1.82, 2.24) is 15.0 Å². The fourth-order valence-corrected chi connectivity index (χ4v) is 1.23. The first kappa shape index (κ1) is 10.4. The molecule has 5 nitrogen and oxygen atoms in total. The van der Waals surface area contributed by atoms with Crippen LogP contribution in [0.5, 0.6) is 5.75 Å². The molecule has 84 valence electrons. The number of aromatic nitrogens is 3. The Labute approximate surface area is 91.6 Å². The van der Waals surface area contributed by atoms with Gasteiger partial charge in [0.25, 0.3) is 0 Å². The number of benzene rings is 1. The van der Waals surface area contributed by atoms with Gasteiger partial charge in [-0.05, 0) is 12.1 Å². The van der Waals surface area contributed by atoms with Crippen molar-refractivity contribution in [3.05, 3.63) is 36.3 Å². The summed E-state index contributed by atoms with van der Waals surface area (Å²) in [5.41, 5.74) is 5.39. The lowest BCUT2D eigenvalue weighted by molar-refractivity contribution is 0.277. The number of nitrogen functional groups attached to an aromatic ring is 1. The number of hydrogen-bond donors (Lipinski definition) is 1. The molecule has 0 saturated heterocycles. The van der Waals surface area contributed by atoms with Gasteiger partial charge in [-0.3, -0.25) is 0 Å². The third-order valence-corrected chi connectivity index (χ3v) is 1.97. The SMILES string of the molecule is Nc1cn(CCOc2ccccc2F)nn1. The summed E-state index contributed by atoms with van der Waals surface area (Å²) in [5, 5.41) is 7.36. The molecule has 0 saturated carbocycles. The summed E-state index contributed by atoms with van der Waals surface area (Å²) >= 11 is 0. The van der Waals surface area contributed by atoms with Crippen LogP contribution in [-0.4, -0.2) is 21.6 Å². The maximum Gasteiger partial charge on any atom is 0.165 e. The Hall–Kier alpha value is -2.11. The Kier molecular flexibility index (Phi) is 3.00. The van der Waals surface area contributed by atoms with Crippen molar-refractivity contribution in [2.45, 2.75) is 6.54 Å². The van der Waals surface area contributed by atoms with Crippen LogP contribution in [0.2, 0.25) is 0 Å². The monoisotopic (exact) mass is 222 g/mol. The van der Waals surface area contributed by atoms with Crippen LogP contribution in [0.4, 0.5) is 10.2 Å². The first-order chi connectivity index (χ1) is 7.75. The minimum atomic E-state index is -0.374. The van der Waals surface area contributed by atoms with E-state index in [2.05, 4.69) is 10.3 Å². The van der Waals surface area contributed by atoms with Gasteiger partial charge in [0.15, 0.2) is 17.4 Å². The molecule has 2 aromatic rings. The number of ether oxygens (including phenoxy) is 1. The molecular formula is C10H11FN4O. The van der Waals surface area contributed by atoms with Crippen molar-refractivity contribution in [3.8, 4) is 5.75 Å². The van der Waals surface area contributed by atoms with E-state index in [9.17, 15) is 4.39 Å². The standard InChI is InChI=1S/C10H11FN4O/c11-8-3-1-2-4-9(8)16-6-5-15-7-10(12)13-14-15/h1-4,7H,5-6,12H2. The summed E-state index contributed by atoms with van der Waals surface area (Å²) in [6.07, 6.45) is 1.59. The average Bonchev–Trinajstić information content (AvgIpc) is 2.67. The molecular weight excluding hydrogens is 211 g/mol. The van der Waals surface area contributed by atoms with E-state index in [1.165, 1.54) is 10.7 Å². The Morgan fingerprint density at radius 2 is 2.19 bits per heavy atom. The molecule has 6 heteroatoms. The van der Waals surface area contributed by atoms with Gasteiger partial charge in [0, 0.05) is 0 Å². The fourth-order valence-electron chi connectivity index (χ4n) is 1.23. The summed E-state index contributed by atoms with van der Waals surface area (Å²) in [4.78, 5) is 0. The maximum atomic E-state index is 13.1. The predicted molar refractivity (Wildman–Crippen MR) is 56.3 cm³/mol. The Balaban J connectivity index is 1.87. The van der Waals surface area contributed by atoms with Crippen LogP contribution in [0.15, 0.2) is 30.5 Å². The summed E-state index contributed by atoms with van der Waals surface area (Å²) in [5.74, 6) is 0.210. The van der Waals surface area contributed by atoms with Gasteiger partial charge in [-0.25, -0.2) is 9.07 Å². The van der Waals surface area contributed by atoms with Crippen LogP contribution in [0.25, 0.3) is 0 Å². The molecule has 0 unspecified atom stereocenters. The molecule has 1 heterocycles. The van der Waals surface area contributed by atoms with Crippen molar-refractivity contribution < 1.29 is 9.13 Å². The number of anilines is 1. The number of rotatable bonds is 4. The highest BCUT2D eigenvalue weighted by Gasteiger charge is 2.01. The summed E-state index contributed by atoms with van der Waals surface area (Å²) in [6, 6.07) is 6.25. The van der Waals surface area contributed by atoms with E-state index in [0.717, 1.165) is 0 Å². The summed E-state index contributed by atoms with van der Waals surface area (Å²) in [6.45, 7) is 0.780. The molecule has 0 atom stereocenters. The molecule has 2 rings (SSSR count). The molecule has 2 N–H and O–H groups in total. The van der Waals surface area contributed by atoms with Crippen LogP contribution in [-0.2, 0) is 6.54 Å². The Bertz CT molecular complexity index is 471. The quantitative estimate of drug-likeness (QED) is 0.840. The van der Waals surface area contributed by atoms with Crippen LogP contribution in [0, 0.1) is 5.82 Å². The number of hydrogen-bond acceptors (Lipinski definition) is 4.